The van der Waals surface area contributed by atoms with Crippen LogP contribution < -0.4 is 10.6 Å². The Kier molecular flexibility index (Phi) is 7.77. The van der Waals surface area contributed by atoms with Crippen molar-refractivity contribution in [3.63, 3.8) is 0 Å². The Morgan fingerprint density at radius 3 is 2.85 bits per heavy atom. The number of carbonyl (C=O) groups is 2. The molecule has 3 rings (SSSR count). The van der Waals surface area contributed by atoms with Gasteiger partial charge in [-0.2, -0.15) is 0 Å². The Morgan fingerprint density at radius 2 is 2.19 bits per heavy atom. The molecule has 2 amide bonds. The number of hydrogen-bond acceptors (Lipinski definition) is 4. The molecule has 1 aromatic heterocycles. The van der Waals surface area contributed by atoms with Crippen molar-refractivity contribution >= 4 is 35.6 Å². The summed E-state index contributed by atoms with van der Waals surface area (Å²) in [5.74, 6) is -0.527. The van der Waals surface area contributed by atoms with Crippen molar-refractivity contribution in [1.82, 2.24) is 15.5 Å². The molecule has 0 radical (unpaired) electrons. The lowest BCUT2D eigenvalue weighted by molar-refractivity contribution is -0.135. The van der Waals surface area contributed by atoms with Crippen molar-refractivity contribution < 1.29 is 14.0 Å². The van der Waals surface area contributed by atoms with E-state index < -0.39 is 0 Å². The third kappa shape index (κ3) is 5.51. The summed E-state index contributed by atoms with van der Waals surface area (Å²) in [4.78, 5) is 27.3. The van der Waals surface area contributed by atoms with Gasteiger partial charge in [0.05, 0.1) is 18.5 Å². The number of halogens is 2. The highest BCUT2D eigenvalue weighted by Crippen LogP contribution is 2.27. The molecule has 8 heteroatoms. The fourth-order valence-electron chi connectivity index (χ4n) is 3.26. The molecule has 2 atom stereocenters. The number of rotatable bonds is 5. The molecule has 1 aliphatic heterocycles. The van der Waals surface area contributed by atoms with E-state index in [2.05, 4.69) is 10.6 Å². The molecule has 1 fully saturated rings. The van der Waals surface area contributed by atoms with E-state index in [0.717, 1.165) is 10.4 Å². The number of amides is 2. The zero-order chi connectivity index (χ0) is 18.5. The third-order valence-corrected chi connectivity index (χ3v) is 5.43. The molecule has 2 heterocycles. The van der Waals surface area contributed by atoms with Gasteiger partial charge in [-0.1, -0.05) is 18.2 Å². The predicted molar refractivity (Wildman–Crippen MR) is 106 cm³/mol. The summed E-state index contributed by atoms with van der Waals surface area (Å²) >= 11 is 1.51. The van der Waals surface area contributed by atoms with Crippen molar-refractivity contribution in [1.29, 1.82) is 0 Å². The molecular weight excluding hydrogens is 389 g/mol. The molecule has 2 N–H and O–H groups in total. The van der Waals surface area contributed by atoms with E-state index in [1.165, 1.54) is 30.4 Å². The van der Waals surface area contributed by atoms with Gasteiger partial charge in [0.25, 0.3) is 0 Å². The summed E-state index contributed by atoms with van der Waals surface area (Å²) in [6, 6.07) is 9.63. The van der Waals surface area contributed by atoms with Crippen LogP contribution in [0.4, 0.5) is 4.39 Å². The number of nitrogens with zero attached hydrogens (tertiary/aromatic N) is 1. The van der Waals surface area contributed by atoms with Gasteiger partial charge in [-0.25, -0.2) is 4.39 Å². The van der Waals surface area contributed by atoms with Crippen molar-refractivity contribution in [3.05, 3.63) is 58.0 Å². The lowest BCUT2D eigenvalue weighted by Crippen LogP contribution is -2.49. The standard InChI is InChI=1S/C19H22FN3O2S.ClH/c1-13(24)22-16(18-6-3-9-26-18)11-19(25)23-8-7-21-12-17(23)14-4-2-5-15(20)10-14;/h2-6,9-10,16-17,21H,7-8,11-12H2,1H3,(H,22,24);1H. The van der Waals surface area contributed by atoms with Crippen LogP contribution in [0, 0.1) is 5.82 Å². The highest BCUT2D eigenvalue weighted by molar-refractivity contribution is 7.10. The maximum atomic E-state index is 13.6. The molecule has 1 saturated heterocycles. The largest absolute Gasteiger partial charge is 0.348 e. The second-order valence-electron chi connectivity index (χ2n) is 6.33. The monoisotopic (exact) mass is 411 g/mol. The Hall–Kier alpha value is -1.96. The number of benzene rings is 1. The number of nitrogens with one attached hydrogen (secondary N) is 2. The number of thiophene rings is 1. The van der Waals surface area contributed by atoms with Gasteiger partial charge in [0.2, 0.25) is 11.8 Å². The quantitative estimate of drug-likeness (QED) is 0.794. The van der Waals surface area contributed by atoms with Crippen LogP contribution in [0.25, 0.3) is 0 Å². The first-order valence-corrected chi connectivity index (χ1v) is 9.48. The Bertz CT molecular complexity index is 772. The number of carbonyl (C=O) groups excluding carboxylic acids is 2. The van der Waals surface area contributed by atoms with Gasteiger partial charge < -0.3 is 15.5 Å². The van der Waals surface area contributed by atoms with E-state index in [-0.39, 0.29) is 48.5 Å². The van der Waals surface area contributed by atoms with Crippen molar-refractivity contribution in [2.24, 2.45) is 0 Å². The summed E-state index contributed by atoms with van der Waals surface area (Å²) < 4.78 is 13.6. The minimum absolute atomic E-state index is 0. The van der Waals surface area contributed by atoms with E-state index in [0.29, 0.717) is 19.6 Å². The van der Waals surface area contributed by atoms with Gasteiger partial charge in [-0.15, -0.1) is 23.7 Å². The van der Waals surface area contributed by atoms with E-state index in [4.69, 9.17) is 0 Å². The van der Waals surface area contributed by atoms with Gasteiger partial charge in [0.15, 0.2) is 0 Å². The zero-order valence-electron chi connectivity index (χ0n) is 15.0. The molecular formula is C19H23ClFN3O2S. The first-order chi connectivity index (χ1) is 12.5. The van der Waals surface area contributed by atoms with E-state index >= 15 is 0 Å². The summed E-state index contributed by atoms with van der Waals surface area (Å²) in [5.41, 5.74) is 0.776. The van der Waals surface area contributed by atoms with Crippen LogP contribution in [0.3, 0.4) is 0 Å². The summed E-state index contributed by atoms with van der Waals surface area (Å²) in [7, 11) is 0. The highest BCUT2D eigenvalue weighted by atomic mass is 35.5. The van der Waals surface area contributed by atoms with Gasteiger partial charge >= 0.3 is 0 Å². The van der Waals surface area contributed by atoms with Crippen molar-refractivity contribution in [2.75, 3.05) is 19.6 Å². The highest BCUT2D eigenvalue weighted by Gasteiger charge is 2.30. The lowest BCUT2D eigenvalue weighted by atomic mass is 10.0. The molecule has 1 aliphatic rings. The van der Waals surface area contributed by atoms with Gasteiger partial charge in [-0.3, -0.25) is 9.59 Å². The van der Waals surface area contributed by atoms with Crippen LogP contribution in [0.15, 0.2) is 41.8 Å². The summed E-state index contributed by atoms with van der Waals surface area (Å²) in [5, 5.41) is 8.06. The molecule has 2 aromatic rings. The Labute approximate surface area is 168 Å². The molecule has 1 aromatic carbocycles. The average Bonchev–Trinajstić information content (AvgIpc) is 3.15. The molecule has 0 aliphatic carbocycles. The maximum absolute atomic E-state index is 13.6. The molecule has 0 spiro atoms. The topological polar surface area (TPSA) is 61.4 Å². The molecule has 5 nitrogen and oxygen atoms in total. The second-order valence-corrected chi connectivity index (χ2v) is 7.31. The fraction of sp³-hybridized carbons (Fsp3) is 0.368. The molecule has 146 valence electrons. The second kappa shape index (κ2) is 9.82. The van der Waals surface area contributed by atoms with Crippen LogP contribution in [-0.4, -0.2) is 36.3 Å². The van der Waals surface area contributed by atoms with E-state index in [9.17, 15) is 14.0 Å². The SMILES string of the molecule is CC(=O)NC(CC(=O)N1CCNCC1c1cccc(F)c1)c1cccs1.Cl. The van der Waals surface area contributed by atoms with Crippen molar-refractivity contribution in [3.8, 4) is 0 Å². The number of hydrogen-bond donors (Lipinski definition) is 2. The Morgan fingerprint density at radius 1 is 1.37 bits per heavy atom. The molecule has 0 bridgehead atoms. The van der Waals surface area contributed by atoms with Crippen LogP contribution in [0.2, 0.25) is 0 Å². The predicted octanol–water partition coefficient (Wildman–Crippen LogP) is 3.05. The molecule has 2 unspecified atom stereocenters. The Balaban J connectivity index is 0.00000261. The first kappa shape index (κ1) is 21.3. The maximum Gasteiger partial charge on any atom is 0.225 e. The van der Waals surface area contributed by atoms with Crippen molar-refractivity contribution in [2.45, 2.75) is 25.4 Å². The normalized spacial score (nSPS) is 17.7. The minimum Gasteiger partial charge on any atom is -0.348 e. The summed E-state index contributed by atoms with van der Waals surface area (Å²) in [6.07, 6.45) is 0.186. The summed E-state index contributed by atoms with van der Waals surface area (Å²) in [6.45, 7) is 3.28. The smallest absolute Gasteiger partial charge is 0.225 e. The zero-order valence-corrected chi connectivity index (χ0v) is 16.6. The average molecular weight is 412 g/mol. The number of piperazine rings is 1. The van der Waals surface area contributed by atoms with Gasteiger partial charge in [0, 0.05) is 31.4 Å². The fourth-order valence-corrected chi connectivity index (χ4v) is 4.04. The third-order valence-electron chi connectivity index (χ3n) is 4.44. The molecule has 0 saturated carbocycles. The minimum atomic E-state index is -0.344. The van der Waals surface area contributed by atoms with E-state index in [1.807, 2.05) is 23.6 Å². The van der Waals surface area contributed by atoms with Crippen LogP contribution in [-0.2, 0) is 9.59 Å². The molecule has 27 heavy (non-hydrogen) atoms. The van der Waals surface area contributed by atoms with Crippen LogP contribution >= 0.6 is 23.7 Å². The van der Waals surface area contributed by atoms with E-state index in [1.54, 1.807) is 11.0 Å². The van der Waals surface area contributed by atoms with Gasteiger partial charge in [-0.05, 0) is 29.1 Å². The van der Waals surface area contributed by atoms with Crippen LogP contribution in [0.1, 0.15) is 35.9 Å². The van der Waals surface area contributed by atoms with Gasteiger partial charge in [0.1, 0.15) is 5.82 Å². The van der Waals surface area contributed by atoms with Crippen LogP contribution in [0.5, 0.6) is 0 Å². The lowest BCUT2D eigenvalue weighted by Gasteiger charge is -2.37. The first-order valence-electron chi connectivity index (χ1n) is 8.60.